The van der Waals surface area contributed by atoms with Gasteiger partial charge in [0, 0.05) is 23.9 Å². The normalized spacial score (nSPS) is 20.2. The summed E-state index contributed by atoms with van der Waals surface area (Å²) in [4.78, 5) is 29.5. The van der Waals surface area contributed by atoms with E-state index in [-0.39, 0.29) is 24.1 Å². The number of amides is 1. The van der Waals surface area contributed by atoms with Crippen molar-refractivity contribution >= 4 is 5.91 Å². The Balaban J connectivity index is 1.91. The SMILES string of the molecule is CC(C)Cc1cc(C(=O)N2CC(O)CC2c2ccccc2)cc(=O)[nH]1. The molecule has 0 radical (unpaired) electrons. The van der Waals surface area contributed by atoms with Gasteiger partial charge in [-0.05, 0) is 30.4 Å². The molecule has 0 aliphatic carbocycles. The second kappa shape index (κ2) is 7.23. The molecule has 1 fully saturated rings. The molecule has 132 valence electrons. The van der Waals surface area contributed by atoms with E-state index in [9.17, 15) is 14.7 Å². The molecule has 5 nitrogen and oxygen atoms in total. The van der Waals surface area contributed by atoms with Gasteiger partial charge in [0.15, 0.2) is 0 Å². The summed E-state index contributed by atoms with van der Waals surface area (Å²) in [5, 5.41) is 10.1. The van der Waals surface area contributed by atoms with Crippen molar-refractivity contribution in [2.75, 3.05) is 6.54 Å². The molecular weight excluding hydrogens is 316 g/mol. The van der Waals surface area contributed by atoms with Crippen molar-refractivity contribution < 1.29 is 9.90 Å². The van der Waals surface area contributed by atoms with Gasteiger partial charge in [0.1, 0.15) is 0 Å². The van der Waals surface area contributed by atoms with Crippen molar-refractivity contribution in [3.8, 4) is 0 Å². The summed E-state index contributed by atoms with van der Waals surface area (Å²) >= 11 is 0. The topological polar surface area (TPSA) is 73.4 Å². The molecule has 25 heavy (non-hydrogen) atoms. The van der Waals surface area contributed by atoms with Gasteiger partial charge in [0.2, 0.25) is 5.56 Å². The average Bonchev–Trinajstić information content (AvgIpc) is 2.95. The van der Waals surface area contributed by atoms with Gasteiger partial charge in [0.25, 0.3) is 5.91 Å². The fraction of sp³-hybridized carbons (Fsp3) is 0.400. The van der Waals surface area contributed by atoms with E-state index in [4.69, 9.17) is 0 Å². The number of aliphatic hydroxyl groups is 1. The van der Waals surface area contributed by atoms with Crippen molar-refractivity contribution in [3.05, 3.63) is 69.6 Å². The minimum atomic E-state index is -0.550. The standard InChI is InChI=1S/C20H24N2O3/c1-13(2)8-16-9-15(10-19(24)21-16)20(25)22-12-17(23)11-18(22)14-6-4-3-5-7-14/h3-7,9-10,13,17-18,23H,8,11-12H2,1-2H3,(H,21,24). The zero-order valence-electron chi connectivity index (χ0n) is 14.6. The zero-order valence-corrected chi connectivity index (χ0v) is 14.6. The van der Waals surface area contributed by atoms with E-state index in [1.807, 2.05) is 30.3 Å². The van der Waals surface area contributed by atoms with Crippen LogP contribution in [0, 0.1) is 5.92 Å². The number of rotatable bonds is 4. The first-order valence-electron chi connectivity index (χ1n) is 8.71. The molecule has 2 atom stereocenters. The van der Waals surface area contributed by atoms with Crippen LogP contribution in [0.15, 0.2) is 47.3 Å². The number of hydrogen-bond donors (Lipinski definition) is 2. The Morgan fingerprint density at radius 2 is 2.00 bits per heavy atom. The highest BCUT2D eigenvalue weighted by atomic mass is 16.3. The maximum absolute atomic E-state index is 13.0. The summed E-state index contributed by atoms with van der Waals surface area (Å²) in [6.45, 7) is 4.41. The smallest absolute Gasteiger partial charge is 0.254 e. The van der Waals surface area contributed by atoms with Crippen molar-refractivity contribution in [2.45, 2.75) is 38.8 Å². The number of carbonyl (C=O) groups excluding carboxylic acids is 1. The Morgan fingerprint density at radius 1 is 1.28 bits per heavy atom. The summed E-state index contributed by atoms with van der Waals surface area (Å²) in [5.74, 6) is 0.174. The van der Waals surface area contributed by atoms with Gasteiger partial charge in [-0.3, -0.25) is 9.59 Å². The van der Waals surface area contributed by atoms with Gasteiger partial charge in [0.05, 0.1) is 12.1 Å². The lowest BCUT2D eigenvalue weighted by atomic mass is 10.0. The zero-order chi connectivity index (χ0) is 18.0. The minimum Gasteiger partial charge on any atom is -0.391 e. The Labute approximate surface area is 147 Å². The lowest BCUT2D eigenvalue weighted by molar-refractivity contribution is 0.0715. The van der Waals surface area contributed by atoms with Gasteiger partial charge >= 0.3 is 0 Å². The van der Waals surface area contributed by atoms with Crippen molar-refractivity contribution in [2.24, 2.45) is 5.92 Å². The van der Waals surface area contributed by atoms with E-state index >= 15 is 0 Å². The molecule has 3 rings (SSSR count). The number of carbonyl (C=O) groups is 1. The number of aliphatic hydroxyl groups excluding tert-OH is 1. The fourth-order valence-corrected chi connectivity index (χ4v) is 3.47. The molecule has 5 heteroatoms. The van der Waals surface area contributed by atoms with E-state index in [1.54, 1.807) is 11.0 Å². The van der Waals surface area contributed by atoms with Crippen LogP contribution in [0.25, 0.3) is 0 Å². The molecule has 2 N–H and O–H groups in total. The van der Waals surface area contributed by atoms with Crippen LogP contribution in [-0.2, 0) is 6.42 Å². The quantitative estimate of drug-likeness (QED) is 0.898. The second-order valence-corrected chi connectivity index (χ2v) is 7.13. The summed E-state index contributed by atoms with van der Waals surface area (Å²) in [6, 6.07) is 12.6. The number of pyridine rings is 1. The van der Waals surface area contributed by atoms with E-state index < -0.39 is 6.10 Å². The maximum Gasteiger partial charge on any atom is 0.254 e. The molecule has 1 aromatic heterocycles. The monoisotopic (exact) mass is 340 g/mol. The number of aromatic amines is 1. The Morgan fingerprint density at radius 3 is 2.68 bits per heavy atom. The molecule has 2 unspecified atom stereocenters. The first-order chi connectivity index (χ1) is 11.9. The Bertz CT molecular complexity index is 798. The number of aromatic nitrogens is 1. The number of β-amino-alcohol motifs (C(OH)–C–C–N with tert-alkyl or cyclic N) is 1. The van der Waals surface area contributed by atoms with Gasteiger partial charge in [-0.25, -0.2) is 0 Å². The number of benzene rings is 1. The molecule has 0 spiro atoms. The third kappa shape index (κ3) is 3.99. The second-order valence-electron chi connectivity index (χ2n) is 7.13. The molecule has 1 aromatic carbocycles. The summed E-state index contributed by atoms with van der Waals surface area (Å²) < 4.78 is 0. The molecule has 0 saturated carbocycles. The minimum absolute atomic E-state index is 0.170. The van der Waals surface area contributed by atoms with E-state index in [0.29, 0.717) is 24.3 Å². The maximum atomic E-state index is 13.0. The van der Waals surface area contributed by atoms with Crippen LogP contribution >= 0.6 is 0 Å². The number of nitrogens with one attached hydrogen (secondary N) is 1. The molecule has 1 aliphatic rings. The van der Waals surface area contributed by atoms with Crippen LogP contribution in [0.2, 0.25) is 0 Å². The van der Waals surface area contributed by atoms with Gasteiger partial charge < -0.3 is 15.0 Å². The number of likely N-dealkylation sites (tertiary alicyclic amines) is 1. The van der Waals surface area contributed by atoms with Crippen LogP contribution in [-0.4, -0.2) is 33.5 Å². The van der Waals surface area contributed by atoms with Crippen LogP contribution in [0.5, 0.6) is 0 Å². The highest BCUT2D eigenvalue weighted by molar-refractivity contribution is 5.94. The van der Waals surface area contributed by atoms with Crippen LogP contribution in [0.4, 0.5) is 0 Å². The lowest BCUT2D eigenvalue weighted by Crippen LogP contribution is -2.32. The van der Waals surface area contributed by atoms with Crippen molar-refractivity contribution in [1.29, 1.82) is 0 Å². The van der Waals surface area contributed by atoms with E-state index in [1.165, 1.54) is 6.07 Å². The largest absolute Gasteiger partial charge is 0.391 e. The molecule has 1 amide bonds. The molecule has 2 aromatic rings. The fourth-order valence-electron chi connectivity index (χ4n) is 3.47. The van der Waals surface area contributed by atoms with Crippen LogP contribution < -0.4 is 5.56 Å². The summed E-state index contributed by atoms with van der Waals surface area (Å²) in [7, 11) is 0. The average molecular weight is 340 g/mol. The third-order valence-electron chi connectivity index (χ3n) is 4.50. The first kappa shape index (κ1) is 17.4. The summed E-state index contributed by atoms with van der Waals surface area (Å²) in [5.41, 5.74) is 1.88. The van der Waals surface area contributed by atoms with E-state index in [0.717, 1.165) is 11.3 Å². The van der Waals surface area contributed by atoms with Gasteiger partial charge in [-0.15, -0.1) is 0 Å². The molecule has 0 bridgehead atoms. The predicted octanol–water partition coefficient (Wildman–Crippen LogP) is 2.52. The van der Waals surface area contributed by atoms with Crippen molar-refractivity contribution in [3.63, 3.8) is 0 Å². The van der Waals surface area contributed by atoms with E-state index in [2.05, 4.69) is 18.8 Å². The number of H-pyrrole nitrogens is 1. The third-order valence-corrected chi connectivity index (χ3v) is 4.50. The summed E-state index contributed by atoms with van der Waals surface area (Å²) in [6.07, 6.45) is 0.671. The number of hydrogen-bond acceptors (Lipinski definition) is 3. The van der Waals surface area contributed by atoms with Gasteiger partial charge in [-0.2, -0.15) is 0 Å². The predicted molar refractivity (Wildman–Crippen MR) is 96.4 cm³/mol. The highest BCUT2D eigenvalue weighted by Crippen LogP contribution is 2.33. The lowest BCUT2D eigenvalue weighted by Gasteiger charge is -2.25. The van der Waals surface area contributed by atoms with Crippen LogP contribution in [0.1, 0.15) is 47.9 Å². The van der Waals surface area contributed by atoms with Crippen molar-refractivity contribution in [1.82, 2.24) is 9.88 Å². The van der Waals surface area contributed by atoms with Crippen LogP contribution in [0.3, 0.4) is 0 Å². The molecule has 1 saturated heterocycles. The number of nitrogens with zero attached hydrogens (tertiary/aromatic N) is 1. The van der Waals surface area contributed by atoms with Gasteiger partial charge in [-0.1, -0.05) is 44.2 Å². The molecule has 1 aliphatic heterocycles. The molecular formula is C20H24N2O3. The molecule has 2 heterocycles. The first-order valence-corrected chi connectivity index (χ1v) is 8.71. The Hall–Kier alpha value is -2.40. The Kier molecular flexibility index (Phi) is 5.04. The highest BCUT2D eigenvalue weighted by Gasteiger charge is 2.35.